The van der Waals surface area contributed by atoms with E-state index in [9.17, 15) is 0 Å². The Morgan fingerprint density at radius 3 is 1.78 bits per heavy atom. The molecule has 0 saturated heterocycles. The molecular formula is C34H51N2+. The first-order valence-electron chi connectivity index (χ1n) is 14.8. The van der Waals surface area contributed by atoms with E-state index < -0.39 is 0 Å². The van der Waals surface area contributed by atoms with Crippen molar-refractivity contribution in [3.63, 3.8) is 0 Å². The van der Waals surface area contributed by atoms with Crippen LogP contribution in [0.2, 0.25) is 0 Å². The van der Waals surface area contributed by atoms with Crippen LogP contribution in [0.5, 0.6) is 0 Å². The van der Waals surface area contributed by atoms with E-state index in [2.05, 4.69) is 109 Å². The molecule has 1 heterocycles. The third kappa shape index (κ3) is 8.95. The molecule has 0 radical (unpaired) electrons. The minimum absolute atomic E-state index is 0.0202. The molecule has 196 valence electrons. The van der Waals surface area contributed by atoms with Crippen molar-refractivity contribution in [1.29, 1.82) is 0 Å². The third-order valence-electron chi connectivity index (χ3n) is 8.06. The largest absolute Gasteiger partial charge is 0.243 e. The van der Waals surface area contributed by atoms with Crippen molar-refractivity contribution in [1.82, 2.24) is 4.57 Å². The number of imidazole rings is 1. The van der Waals surface area contributed by atoms with Gasteiger partial charge in [0, 0.05) is 5.41 Å². The zero-order valence-electron chi connectivity index (χ0n) is 23.4. The Morgan fingerprint density at radius 1 is 0.722 bits per heavy atom. The van der Waals surface area contributed by atoms with Gasteiger partial charge >= 0.3 is 0 Å². The van der Waals surface area contributed by atoms with Crippen LogP contribution in [-0.4, -0.2) is 4.57 Å². The standard InChI is InChI=1S/C34H51N2/c1-4-5-6-7-8-9-10-11-12-13-14-21-26-33(36-28-27-35(3)30-36)34(2,32-24-19-16-20-25-32)29-31-22-17-15-18-23-31/h15-20,22-25,27-28,30,33H,4-14,21,26,29H2,1-3H3/q+1. The molecule has 0 N–H and O–H groups in total. The molecule has 3 aromatic rings. The van der Waals surface area contributed by atoms with Crippen LogP contribution in [0, 0.1) is 0 Å². The summed E-state index contributed by atoms with van der Waals surface area (Å²) in [7, 11) is 2.13. The highest BCUT2D eigenvalue weighted by molar-refractivity contribution is 5.30. The highest BCUT2D eigenvalue weighted by atomic mass is 15.1. The number of hydrogen-bond donors (Lipinski definition) is 0. The van der Waals surface area contributed by atoms with Crippen molar-refractivity contribution < 1.29 is 4.57 Å². The van der Waals surface area contributed by atoms with E-state index in [-0.39, 0.29) is 5.41 Å². The van der Waals surface area contributed by atoms with Gasteiger partial charge < -0.3 is 0 Å². The molecule has 0 bridgehead atoms. The molecule has 2 heteroatoms. The molecule has 0 aliphatic carbocycles. The maximum atomic E-state index is 2.49. The van der Waals surface area contributed by atoms with Crippen LogP contribution < -0.4 is 4.57 Å². The van der Waals surface area contributed by atoms with Crippen molar-refractivity contribution in [2.75, 3.05) is 0 Å². The number of unbranched alkanes of at least 4 members (excludes halogenated alkanes) is 11. The average molecular weight is 488 g/mol. The zero-order valence-corrected chi connectivity index (χ0v) is 23.4. The molecular weight excluding hydrogens is 436 g/mol. The molecule has 36 heavy (non-hydrogen) atoms. The topological polar surface area (TPSA) is 8.81 Å². The Kier molecular flexibility index (Phi) is 12.3. The molecule has 0 fully saturated rings. The maximum absolute atomic E-state index is 2.49. The molecule has 3 rings (SSSR count). The van der Waals surface area contributed by atoms with E-state index in [0.29, 0.717) is 6.04 Å². The summed E-state index contributed by atoms with van der Waals surface area (Å²) < 4.78 is 4.66. The maximum Gasteiger partial charge on any atom is 0.243 e. The summed E-state index contributed by atoms with van der Waals surface area (Å²) >= 11 is 0. The van der Waals surface area contributed by atoms with Gasteiger partial charge in [-0.15, -0.1) is 0 Å². The number of nitrogens with zero attached hydrogens (tertiary/aromatic N) is 2. The predicted octanol–water partition coefficient (Wildman–Crippen LogP) is 9.15. The summed E-state index contributed by atoms with van der Waals surface area (Å²) in [6, 6.07) is 22.7. The van der Waals surface area contributed by atoms with E-state index in [1.165, 1.54) is 94.6 Å². The van der Waals surface area contributed by atoms with Gasteiger partial charge in [0.15, 0.2) is 0 Å². The number of hydrogen-bond acceptors (Lipinski definition) is 0. The first-order valence-corrected chi connectivity index (χ1v) is 14.8. The quantitative estimate of drug-likeness (QED) is 0.125. The monoisotopic (exact) mass is 487 g/mol. The second-order valence-electron chi connectivity index (χ2n) is 11.2. The minimum Gasteiger partial charge on any atom is -0.240 e. The van der Waals surface area contributed by atoms with Crippen molar-refractivity contribution in [2.45, 2.75) is 115 Å². The number of benzene rings is 2. The summed E-state index contributed by atoms with van der Waals surface area (Å²) in [5, 5.41) is 0. The Morgan fingerprint density at radius 2 is 1.25 bits per heavy atom. The summed E-state index contributed by atoms with van der Waals surface area (Å²) in [6.45, 7) is 4.78. The van der Waals surface area contributed by atoms with E-state index in [0.717, 1.165) is 6.42 Å². The van der Waals surface area contributed by atoms with Crippen LogP contribution in [0.4, 0.5) is 0 Å². The lowest BCUT2D eigenvalue weighted by molar-refractivity contribution is -0.671. The van der Waals surface area contributed by atoms with Crippen LogP contribution in [0.25, 0.3) is 0 Å². The van der Waals surface area contributed by atoms with Gasteiger partial charge in [0.05, 0.1) is 7.05 Å². The number of aryl methyl sites for hydroxylation is 1. The summed E-state index contributed by atoms with van der Waals surface area (Å²) in [6.07, 6.45) is 25.8. The second kappa shape index (κ2) is 15.7. The second-order valence-corrected chi connectivity index (χ2v) is 11.2. The van der Waals surface area contributed by atoms with Crippen LogP contribution >= 0.6 is 0 Å². The van der Waals surface area contributed by atoms with Gasteiger partial charge in [-0.25, -0.2) is 9.13 Å². The van der Waals surface area contributed by atoms with Gasteiger partial charge in [0.2, 0.25) is 6.33 Å². The van der Waals surface area contributed by atoms with Gasteiger partial charge in [0.25, 0.3) is 0 Å². The molecule has 0 aliphatic rings. The number of aromatic nitrogens is 2. The van der Waals surface area contributed by atoms with Crippen LogP contribution in [-0.2, 0) is 18.9 Å². The molecule has 0 amide bonds. The lowest BCUT2D eigenvalue weighted by atomic mass is 9.70. The van der Waals surface area contributed by atoms with Gasteiger partial charge in [0.1, 0.15) is 18.4 Å². The molecule has 2 unspecified atom stereocenters. The van der Waals surface area contributed by atoms with E-state index in [1.54, 1.807) is 0 Å². The fraction of sp³-hybridized carbons (Fsp3) is 0.559. The van der Waals surface area contributed by atoms with Gasteiger partial charge in [-0.2, -0.15) is 0 Å². The predicted molar refractivity (Wildman–Crippen MR) is 154 cm³/mol. The fourth-order valence-corrected chi connectivity index (χ4v) is 5.88. The highest BCUT2D eigenvalue weighted by Gasteiger charge is 2.40. The molecule has 2 nitrogen and oxygen atoms in total. The molecule has 0 aliphatic heterocycles. The number of rotatable bonds is 18. The zero-order chi connectivity index (χ0) is 25.5. The summed E-state index contributed by atoms with van der Waals surface area (Å²) in [5.41, 5.74) is 2.88. The Labute approximate surface area is 221 Å². The Bertz CT molecular complexity index is 946. The van der Waals surface area contributed by atoms with E-state index >= 15 is 0 Å². The van der Waals surface area contributed by atoms with Crippen molar-refractivity contribution in [2.24, 2.45) is 7.05 Å². The normalized spacial score (nSPS) is 14.0. The Hall–Kier alpha value is -2.35. The first-order chi connectivity index (χ1) is 17.6. The average Bonchev–Trinajstić information content (AvgIpc) is 3.33. The highest BCUT2D eigenvalue weighted by Crippen LogP contribution is 2.41. The summed E-state index contributed by atoms with van der Waals surface area (Å²) in [4.78, 5) is 0. The Balaban J connectivity index is 1.59. The molecule has 2 atom stereocenters. The molecule has 0 spiro atoms. The van der Waals surface area contributed by atoms with Crippen LogP contribution in [0.1, 0.15) is 114 Å². The van der Waals surface area contributed by atoms with Crippen molar-refractivity contribution in [3.05, 3.63) is 90.5 Å². The van der Waals surface area contributed by atoms with Gasteiger partial charge in [-0.3, -0.25) is 0 Å². The molecule has 0 saturated carbocycles. The van der Waals surface area contributed by atoms with Crippen LogP contribution in [0.3, 0.4) is 0 Å². The lowest BCUT2D eigenvalue weighted by Crippen LogP contribution is -2.37. The van der Waals surface area contributed by atoms with Gasteiger partial charge in [-0.05, 0) is 30.4 Å². The van der Waals surface area contributed by atoms with E-state index in [4.69, 9.17) is 0 Å². The summed E-state index contributed by atoms with van der Waals surface area (Å²) in [5.74, 6) is 0. The van der Waals surface area contributed by atoms with Crippen molar-refractivity contribution >= 4 is 0 Å². The minimum atomic E-state index is 0.0202. The first kappa shape index (κ1) is 28.2. The third-order valence-corrected chi connectivity index (χ3v) is 8.06. The molecule has 2 aromatic carbocycles. The van der Waals surface area contributed by atoms with Gasteiger partial charge in [-0.1, -0.05) is 145 Å². The van der Waals surface area contributed by atoms with E-state index in [1.807, 2.05) is 0 Å². The SMILES string of the molecule is CCCCCCCCCCCCCCC(n1cc[n+](C)c1)C(C)(Cc1ccccc1)c1ccccc1. The lowest BCUT2D eigenvalue weighted by Gasteiger charge is -2.37. The molecule has 1 aromatic heterocycles. The smallest absolute Gasteiger partial charge is 0.240 e. The van der Waals surface area contributed by atoms with Crippen LogP contribution in [0.15, 0.2) is 79.4 Å². The van der Waals surface area contributed by atoms with Crippen molar-refractivity contribution in [3.8, 4) is 0 Å². The fourth-order valence-electron chi connectivity index (χ4n) is 5.88.